The van der Waals surface area contributed by atoms with E-state index in [1.54, 1.807) is 13.8 Å². The second-order valence-corrected chi connectivity index (χ2v) is 32.1. The Bertz CT molecular complexity index is 2780. The number of rotatable bonds is 65. The molecule has 5 amide bonds. The van der Waals surface area contributed by atoms with Crippen molar-refractivity contribution in [3.05, 3.63) is 0 Å². The van der Waals surface area contributed by atoms with Crippen LogP contribution in [0.15, 0.2) is 0 Å². The van der Waals surface area contributed by atoms with Gasteiger partial charge in [0.15, 0.2) is 18.9 Å². The summed E-state index contributed by atoms with van der Waals surface area (Å²) in [6.07, 6.45) is 4.85. The fraction of sp³-hybridized carbons (Fsp3) is 0.845. The molecule has 0 aromatic heterocycles. The fourth-order valence-corrected chi connectivity index (χ4v) is 13.8. The Balaban J connectivity index is 1.62. The average molecular weight is 1680 g/mol. The van der Waals surface area contributed by atoms with E-state index in [4.69, 9.17) is 78.8 Å². The van der Waals surface area contributed by atoms with Crippen LogP contribution in [0.25, 0.3) is 0 Å². The Kier molecular flexibility index (Phi) is 53.7. The Hall–Kier alpha value is -6.57. The van der Waals surface area contributed by atoms with Crippen molar-refractivity contribution in [2.24, 2.45) is 52.7 Å². The SMILES string of the molecule is CC[C@@H](NC(=O)CC(=O)NC(COCCC(=O)CCCCCC(=O)CCCCOC1OC(COC(C)=O)C(C)C(C)C1N)(COCCC(=O)CCCCCC(=O)CCCCOC1OC(COC(C)=O)C(C)C(C)C1N)COCCC(=O)NCCCNC(=O)CCCCOC1OC(COC(C)=O)C(C)C(C)C1N)[C@@H](C)OC(=O)CCC(=O)NC. The van der Waals surface area contributed by atoms with E-state index >= 15 is 0 Å². The summed E-state index contributed by atoms with van der Waals surface area (Å²) in [6.45, 7) is 19.9. The van der Waals surface area contributed by atoms with E-state index in [2.05, 4.69) is 26.6 Å². The molecule has 0 aromatic rings. The number of hydrogen-bond donors (Lipinski definition) is 8. The molecule has 15 unspecified atom stereocenters. The normalized spacial score (nSPS) is 24.0. The van der Waals surface area contributed by atoms with E-state index < -0.39 is 78.7 Å². The zero-order valence-corrected chi connectivity index (χ0v) is 72.7. The Morgan fingerprint density at radius 2 is 0.737 bits per heavy atom. The van der Waals surface area contributed by atoms with Gasteiger partial charge < -0.3 is 105 Å². The third-order valence-electron chi connectivity index (χ3n) is 22.3. The van der Waals surface area contributed by atoms with E-state index in [0.29, 0.717) is 142 Å². The van der Waals surface area contributed by atoms with Crippen LogP contribution >= 0.6 is 0 Å². The van der Waals surface area contributed by atoms with Crippen molar-refractivity contribution in [2.45, 2.75) is 323 Å². The summed E-state index contributed by atoms with van der Waals surface area (Å²) in [5.74, 6) is -3.96. The maximum atomic E-state index is 14.2. The minimum Gasteiger partial charge on any atom is -0.463 e. The van der Waals surface area contributed by atoms with Gasteiger partial charge >= 0.3 is 23.9 Å². The van der Waals surface area contributed by atoms with Crippen molar-refractivity contribution in [2.75, 3.05) is 99.4 Å². The average Bonchev–Trinajstić information content (AvgIpc) is 0.829. The lowest BCUT2D eigenvalue weighted by Crippen LogP contribution is -2.59. The third-order valence-corrected chi connectivity index (χ3v) is 22.3. The first-order chi connectivity index (χ1) is 56.2. The second kappa shape index (κ2) is 60.0. The number of ketones is 4. The lowest BCUT2D eigenvalue weighted by molar-refractivity contribution is -0.239. The maximum Gasteiger partial charge on any atom is 0.306 e. The van der Waals surface area contributed by atoms with Crippen LogP contribution in [0, 0.1) is 35.5 Å². The lowest BCUT2D eigenvalue weighted by Gasteiger charge is -2.42. The van der Waals surface area contributed by atoms with Crippen LogP contribution in [-0.2, 0) is 124 Å². The molecule has 3 rings (SSSR count). The topological polar surface area (TPSA) is 480 Å². The van der Waals surface area contributed by atoms with Crippen LogP contribution in [0.5, 0.6) is 0 Å². The van der Waals surface area contributed by atoms with Gasteiger partial charge in [-0.2, -0.15) is 0 Å². The predicted octanol–water partition coefficient (Wildman–Crippen LogP) is 5.83. The molecule has 678 valence electrons. The summed E-state index contributed by atoms with van der Waals surface area (Å²) < 4.78 is 75.6. The number of carbonyl (C=O) groups is 13. The Morgan fingerprint density at radius 1 is 0.390 bits per heavy atom. The molecule has 34 heteroatoms. The number of hydrogen-bond acceptors (Lipinski definition) is 29. The number of Topliss-reactive ketones (excluding diaryl/α,β-unsaturated/α-hetero) is 4. The molecule has 0 aromatic carbocycles. The molecular formula is C84H146N8O26. The molecule has 17 atom stereocenters. The van der Waals surface area contributed by atoms with Gasteiger partial charge in [-0.3, -0.25) is 62.3 Å². The zero-order valence-electron chi connectivity index (χ0n) is 72.7. The van der Waals surface area contributed by atoms with E-state index in [1.807, 2.05) is 41.5 Å². The summed E-state index contributed by atoms with van der Waals surface area (Å²) >= 11 is 0. The smallest absolute Gasteiger partial charge is 0.306 e. The summed E-state index contributed by atoms with van der Waals surface area (Å²) in [4.78, 5) is 165. The summed E-state index contributed by atoms with van der Waals surface area (Å²) in [6, 6.07) is -1.84. The molecule has 0 radical (unpaired) electrons. The number of amides is 5. The molecule has 118 heavy (non-hydrogen) atoms. The van der Waals surface area contributed by atoms with Crippen molar-refractivity contribution in [1.82, 2.24) is 26.6 Å². The number of unbranched alkanes of at least 4 members (excludes halogenated alkanes) is 7. The molecule has 3 heterocycles. The largest absolute Gasteiger partial charge is 0.463 e. The molecule has 11 N–H and O–H groups in total. The van der Waals surface area contributed by atoms with E-state index in [-0.39, 0.29) is 230 Å². The van der Waals surface area contributed by atoms with Crippen LogP contribution in [0.4, 0.5) is 0 Å². The van der Waals surface area contributed by atoms with E-state index in [0.717, 1.165) is 0 Å². The van der Waals surface area contributed by atoms with Gasteiger partial charge in [-0.25, -0.2) is 0 Å². The molecule has 0 spiro atoms. The van der Waals surface area contributed by atoms with Crippen LogP contribution in [-0.4, -0.2) is 249 Å². The second-order valence-electron chi connectivity index (χ2n) is 32.1. The molecule has 0 saturated carbocycles. The maximum absolute atomic E-state index is 14.2. The molecule has 0 bridgehead atoms. The van der Waals surface area contributed by atoms with Gasteiger partial charge in [0, 0.05) is 131 Å². The van der Waals surface area contributed by atoms with Gasteiger partial charge in [0.1, 0.15) is 61.0 Å². The van der Waals surface area contributed by atoms with Crippen LogP contribution in [0.3, 0.4) is 0 Å². The highest BCUT2D eigenvalue weighted by molar-refractivity contribution is 5.97. The summed E-state index contributed by atoms with van der Waals surface area (Å²) in [7, 11) is 1.44. The third kappa shape index (κ3) is 44.3. The molecule has 3 saturated heterocycles. The highest BCUT2D eigenvalue weighted by atomic mass is 16.7. The highest BCUT2D eigenvalue weighted by Crippen LogP contribution is 2.34. The van der Waals surface area contributed by atoms with Gasteiger partial charge in [-0.15, -0.1) is 0 Å². The van der Waals surface area contributed by atoms with Crippen LogP contribution in [0.2, 0.25) is 0 Å². The zero-order chi connectivity index (χ0) is 87.5. The summed E-state index contributed by atoms with van der Waals surface area (Å²) in [5.41, 5.74) is 17.7. The van der Waals surface area contributed by atoms with Crippen molar-refractivity contribution >= 4 is 76.5 Å². The highest BCUT2D eigenvalue weighted by Gasteiger charge is 2.44. The first-order valence-corrected chi connectivity index (χ1v) is 43.0. The van der Waals surface area contributed by atoms with E-state index in [1.165, 1.54) is 27.8 Å². The Labute approximate surface area is 698 Å². The minimum atomic E-state index is -1.58. The number of nitrogens with two attached hydrogens (primary N) is 3. The van der Waals surface area contributed by atoms with Crippen molar-refractivity contribution in [3.8, 4) is 0 Å². The van der Waals surface area contributed by atoms with Gasteiger partial charge in [0.2, 0.25) is 29.5 Å². The predicted molar refractivity (Wildman–Crippen MR) is 434 cm³/mol. The van der Waals surface area contributed by atoms with Gasteiger partial charge in [0.05, 0.1) is 88.5 Å². The molecule has 3 aliphatic heterocycles. The fourth-order valence-electron chi connectivity index (χ4n) is 13.8. The molecular weight excluding hydrogens is 1540 g/mol. The van der Waals surface area contributed by atoms with Gasteiger partial charge in [0.25, 0.3) is 0 Å². The minimum absolute atomic E-state index is 0.00915. The molecule has 34 nitrogen and oxygen atoms in total. The van der Waals surface area contributed by atoms with Crippen molar-refractivity contribution < 1.29 is 124 Å². The van der Waals surface area contributed by atoms with Crippen LogP contribution < -0.4 is 43.8 Å². The number of carbonyl (C=O) groups excluding carboxylic acids is 13. The molecule has 3 fully saturated rings. The van der Waals surface area contributed by atoms with Gasteiger partial charge in [-0.1, -0.05) is 61.3 Å². The monoisotopic (exact) mass is 1680 g/mol. The van der Waals surface area contributed by atoms with E-state index in [9.17, 15) is 62.3 Å². The molecule has 3 aliphatic rings. The summed E-state index contributed by atoms with van der Waals surface area (Å²) in [5, 5.41) is 13.8. The number of nitrogens with one attached hydrogen (secondary N) is 5. The first kappa shape index (κ1) is 106. The lowest BCUT2D eigenvalue weighted by atomic mass is 9.82. The Morgan fingerprint density at radius 3 is 1.10 bits per heavy atom. The van der Waals surface area contributed by atoms with Crippen LogP contribution in [0.1, 0.15) is 250 Å². The standard InChI is InChI=1S/C84H146N8O26/c1-13-68(60(8)115-77(105)35-34-72(100)88-12)91-75(103)47-76(104)92-84(51-106-44-36-66(98)29-18-14-16-27-64(96)31-20-23-41-109-81-78(85)57(5)54(2)69(116-81)48-112-61(9)93,52-107-45-37-67(99)30-19-15-17-28-65(97)32-21-24-42-110-82-79(86)58(6)55(3)70(117-82)49-113-62(10)94)53-108-46-38-74(102)90-40-26-39-89-73(101)33-22-25-43-111-83-80(87)59(7)56(4)71(118-83)50-114-63(11)95/h54-60,68-71,78-83H,13-53,85-87H2,1-12H3,(H,88,100)(H,89,101)(H,90,102)(H,91,103)(H,92,104)/t54?,55?,56?,57?,58?,59?,60-,68-,69?,70?,71?,78?,79?,80?,81?,82?,83?,84?/m1/s1. The van der Waals surface area contributed by atoms with Crippen molar-refractivity contribution in [3.63, 3.8) is 0 Å². The number of esters is 4. The van der Waals surface area contributed by atoms with Crippen molar-refractivity contribution in [1.29, 1.82) is 0 Å². The molecule has 0 aliphatic carbocycles. The quantitative estimate of drug-likeness (QED) is 0.0154. The first-order valence-electron chi connectivity index (χ1n) is 43.0. The number of ether oxygens (including phenoxy) is 13. The van der Waals surface area contributed by atoms with Gasteiger partial charge in [-0.05, 0) is 119 Å².